The zero-order valence-corrected chi connectivity index (χ0v) is 13.1. The minimum absolute atomic E-state index is 0.0953. The standard InChI is InChI=1S/C13H21BrN4O2/c14-12-11(10-16-18(8-9-19)13(12)20)15-4-3-7-17-5-1-2-6-17/h10,15,19H,1-9H2. The Kier molecular flexibility index (Phi) is 6.00. The van der Waals surface area contributed by atoms with E-state index in [1.54, 1.807) is 6.20 Å². The van der Waals surface area contributed by atoms with Gasteiger partial charge < -0.3 is 15.3 Å². The van der Waals surface area contributed by atoms with Crippen LogP contribution in [0.5, 0.6) is 0 Å². The minimum atomic E-state index is -0.219. The molecule has 0 atom stereocenters. The van der Waals surface area contributed by atoms with Crippen molar-refractivity contribution in [3.8, 4) is 0 Å². The molecule has 0 amide bonds. The summed E-state index contributed by atoms with van der Waals surface area (Å²) in [5.74, 6) is 0. The van der Waals surface area contributed by atoms with Gasteiger partial charge in [-0.1, -0.05) is 0 Å². The lowest BCUT2D eigenvalue weighted by Crippen LogP contribution is -2.26. The third-order valence-corrected chi connectivity index (χ3v) is 4.23. The van der Waals surface area contributed by atoms with Crippen LogP contribution in [0.1, 0.15) is 19.3 Å². The van der Waals surface area contributed by atoms with E-state index in [0.29, 0.717) is 10.2 Å². The maximum absolute atomic E-state index is 11.9. The highest BCUT2D eigenvalue weighted by molar-refractivity contribution is 9.10. The normalized spacial score (nSPS) is 15.7. The Balaban J connectivity index is 1.83. The van der Waals surface area contributed by atoms with Crippen LogP contribution in [0.2, 0.25) is 0 Å². The van der Waals surface area contributed by atoms with E-state index in [1.165, 1.54) is 30.6 Å². The van der Waals surface area contributed by atoms with Crippen molar-refractivity contribution in [2.75, 3.05) is 38.1 Å². The molecule has 0 aromatic carbocycles. The van der Waals surface area contributed by atoms with Crippen LogP contribution in [0.4, 0.5) is 5.69 Å². The van der Waals surface area contributed by atoms with Gasteiger partial charge in [0.15, 0.2) is 0 Å². The summed E-state index contributed by atoms with van der Waals surface area (Å²) >= 11 is 3.29. The first-order valence-corrected chi connectivity index (χ1v) is 7.84. The minimum Gasteiger partial charge on any atom is -0.394 e. The molecule has 1 saturated heterocycles. The number of hydrogen-bond donors (Lipinski definition) is 2. The molecule has 2 N–H and O–H groups in total. The fourth-order valence-corrected chi connectivity index (χ4v) is 2.82. The number of halogens is 1. The van der Waals surface area contributed by atoms with Crippen molar-refractivity contribution in [2.24, 2.45) is 0 Å². The molecule has 112 valence electrons. The zero-order valence-electron chi connectivity index (χ0n) is 11.5. The van der Waals surface area contributed by atoms with Crippen LogP contribution >= 0.6 is 15.9 Å². The van der Waals surface area contributed by atoms with Crippen molar-refractivity contribution in [2.45, 2.75) is 25.8 Å². The second kappa shape index (κ2) is 7.75. The quantitative estimate of drug-likeness (QED) is 0.719. The van der Waals surface area contributed by atoms with Gasteiger partial charge in [-0.3, -0.25) is 4.79 Å². The molecular formula is C13H21BrN4O2. The summed E-state index contributed by atoms with van der Waals surface area (Å²) in [5, 5.41) is 16.1. The molecule has 1 aromatic rings. The Labute approximate surface area is 126 Å². The van der Waals surface area contributed by atoms with Crippen LogP contribution in [-0.4, -0.2) is 52.6 Å². The third kappa shape index (κ3) is 4.04. The molecule has 0 bridgehead atoms. The average Bonchev–Trinajstić information content (AvgIpc) is 2.95. The molecule has 20 heavy (non-hydrogen) atoms. The van der Waals surface area contributed by atoms with Crippen molar-refractivity contribution in [3.63, 3.8) is 0 Å². The van der Waals surface area contributed by atoms with Gasteiger partial charge in [0, 0.05) is 6.54 Å². The lowest BCUT2D eigenvalue weighted by Gasteiger charge is -2.15. The second-order valence-electron chi connectivity index (χ2n) is 4.95. The fraction of sp³-hybridized carbons (Fsp3) is 0.692. The van der Waals surface area contributed by atoms with E-state index in [1.807, 2.05) is 0 Å². The first-order chi connectivity index (χ1) is 9.72. The van der Waals surface area contributed by atoms with E-state index in [4.69, 9.17) is 5.11 Å². The molecule has 0 unspecified atom stereocenters. The molecule has 1 aliphatic heterocycles. The fourth-order valence-electron chi connectivity index (χ4n) is 2.37. The molecule has 7 heteroatoms. The number of aromatic nitrogens is 2. The van der Waals surface area contributed by atoms with Crippen LogP contribution < -0.4 is 10.9 Å². The SMILES string of the molecule is O=c1c(Br)c(NCCCN2CCCC2)cnn1CCO. The molecule has 0 radical (unpaired) electrons. The van der Waals surface area contributed by atoms with Gasteiger partial charge in [-0.15, -0.1) is 0 Å². The molecule has 1 aliphatic rings. The van der Waals surface area contributed by atoms with Crippen LogP contribution in [0, 0.1) is 0 Å². The molecule has 0 saturated carbocycles. The monoisotopic (exact) mass is 344 g/mol. The molecule has 2 heterocycles. The summed E-state index contributed by atoms with van der Waals surface area (Å²) in [6.07, 6.45) is 5.29. The Morgan fingerprint density at radius 3 is 2.80 bits per heavy atom. The number of anilines is 1. The number of rotatable bonds is 7. The number of nitrogens with zero attached hydrogens (tertiary/aromatic N) is 3. The van der Waals surface area contributed by atoms with Gasteiger partial charge in [-0.05, 0) is 54.8 Å². The molecule has 0 spiro atoms. The van der Waals surface area contributed by atoms with E-state index in [-0.39, 0.29) is 18.7 Å². The highest BCUT2D eigenvalue weighted by atomic mass is 79.9. The van der Waals surface area contributed by atoms with E-state index >= 15 is 0 Å². The Morgan fingerprint density at radius 1 is 1.35 bits per heavy atom. The predicted octanol–water partition coefficient (Wildman–Crippen LogP) is 0.896. The van der Waals surface area contributed by atoms with Crippen LogP contribution in [0.25, 0.3) is 0 Å². The van der Waals surface area contributed by atoms with Crippen molar-refractivity contribution in [1.82, 2.24) is 14.7 Å². The predicted molar refractivity (Wildman–Crippen MR) is 82.1 cm³/mol. The van der Waals surface area contributed by atoms with Crippen LogP contribution in [0.15, 0.2) is 15.5 Å². The topological polar surface area (TPSA) is 70.4 Å². The zero-order chi connectivity index (χ0) is 14.4. The number of aliphatic hydroxyl groups is 1. The first kappa shape index (κ1) is 15.5. The van der Waals surface area contributed by atoms with Gasteiger partial charge in [0.1, 0.15) is 4.47 Å². The highest BCUT2D eigenvalue weighted by Crippen LogP contribution is 2.16. The molecule has 1 fully saturated rings. The summed E-state index contributed by atoms with van der Waals surface area (Å²) in [4.78, 5) is 14.4. The summed E-state index contributed by atoms with van der Waals surface area (Å²) in [5.41, 5.74) is 0.495. The van der Waals surface area contributed by atoms with Crippen LogP contribution in [-0.2, 0) is 6.54 Å². The molecule has 2 rings (SSSR count). The Morgan fingerprint density at radius 2 is 2.10 bits per heavy atom. The second-order valence-corrected chi connectivity index (χ2v) is 5.75. The maximum Gasteiger partial charge on any atom is 0.283 e. The van der Waals surface area contributed by atoms with Crippen molar-refractivity contribution >= 4 is 21.6 Å². The largest absolute Gasteiger partial charge is 0.394 e. The van der Waals surface area contributed by atoms with Gasteiger partial charge in [-0.25, -0.2) is 4.68 Å². The lowest BCUT2D eigenvalue weighted by molar-refractivity contribution is 0.266. The molecular weight excluding hydrogens is 324 g/mol. The number of aliphatic hydroxyl groups excluding tert-OH is 1. The van der Waals surface area contributed by atoms with Gasteiger partial charge in [0.25, 0.3) is 5.56 Å². The molecule has 6 nitrogen and oxygen atoms in total. The van der Waals surface area contributed by atoms with Gasteiger partial charge >= 0.3 is 0 Å². The van der Waals surface area contributed by atoms with E-state index < -0.39 is 0 Å². The van der Waals surface area contributed by atoms with E-state index in [0.717, 1.165) is 19.5 Å². The van der Waals surface area contributed by atoms with Crippen molar-refractivity contribution < 1.29 is 5.11 Å². The molecule has 1 aromatic heterocycles. The van der Waals surface area contributed by atoms with Gasteiger partial charge in [0.2, 0.25) is 0 Å². The van der Waals surface area contributed by atoms with E-state index in [9.17, 15) is 4.79 Å². The van der Waals surface area contributed by atoms with Crippen molar-refractivity contribution in [3.05, 3.63) is 21.0 Å². The average molecular weight is 345 g/mol. The summed E-state index contributed by atoms with van der Waals surface area (Å²) in [6.45, 7) is 4.46. The highest BCUT2D eigenvalue weighted by Gasteiger charge is 2.11. The summed E-state index contributed by atoms with van der Waals surface area (Å²) in [6, 6.07) is 0. The number of nitrogens with one attached hydrogen (secondary N) is 1. The number of hydrogen-bond acceptors (Lipinski definition) is 5. The third-order valence-electron chi connectivity index (χ3n) is 3.46. The van der Waals surface area contributed by atoms with Crippen LogP contribution in [0.3, 0.4) is 0 Å². The number of likely N-dealkylation sites (tertiary alicyclic amines) is 1. The Bertz CT molecular complexity index is 486. The van der Waals surface area contributed by atoms with E-state index in [2.05, 4.69) is 31.2 Å². The van der Waals surface area contributed by atoms with Crippen molar-refractivity contribution in [1.29, 1.82) is 0 Å². The lowest BCUT2D eigenvalue weighted by atomic mass is 10.3. The summed E-state index contributed by atoms with van der Waals surface area (Å²) in [7, 11) is 0. The maximum atomic E-state index is 11.9. The molecule has 0 aliphatic carbocycles. The Hall–Kier alpha value is -0.920. The van der Waals surface area contributed by atoms with Gasteiger partial charge in [-0.2, -0.15) is 5.10 Å². The van der Waals surface area contributed by atoms with Gasteiger partial charge in [0.05, 0.1) is 25.0 Å². The first-order valence-electron chi connectivity index (χ1n) is 7.05. The smallest absolute Gasteiger partial charge is 0.283 e. The summed E-state index contributed by atoms with van der Waals surface area (Å²) < 4.78 is 1.72.